The number of aliphatic hydroxyl groups is 2. The molecule has 222 valence electrons. The fourth-order valence-electron chi connectivity index (χ4n) is 5.95. The summed E-state index contributed by atoms with van der Waals surface area (Å²) in [6, 6.07) is 0.0948. The van der Waals surface area contributed by atoms with Crippen LogP contribution in [0.2, 0.25) is 0 Å². The van der Waals surface area contributed by atoms with E-state index in [2.05, 4.69) is 20.3 Å². The van der Waals surface area contributed by atoms with E-state index < -0.39 is 30.4 Å². The van der Waals surface area contributed by atoms with Crippen LogP contribution < -0.4 is 11.1 Å². The number of anilines is 1. The number of nitrogens with two attached hydrogens (primary N) is 1. The molecule has 2 aromatic heterocycles. The zero-order chi connectivity index (χ0) is 28.7. The molecule has 5 N–H and O–H groups in total. The van der Waals surface area contributed by atoms with Gasteiger partial charge in [0.05, 0.1) is 6.33 Å². The van der Waals surface area contributed by atoms with E-state index in [1.165, 1.54) is 10.9 Å². The summed E-state index contributed by atoms with van der Waals surface area (Å²) >= 11 is 0. The molecule has 0 radical (unpaired) electrons. The number of hydrogen-bond acceptors (Lipinski definition) is 11. The molecule has 0 bridgehead atoms. The number of ether oxygens (including phenoxy) is 2. The summed E-state index contributed by atoms with van der Waals surface area (Å²) in [5, 5.41) is 24.0. The standard InChI is InChI=1S/C27H37N7O7/c28-23-19-24(34(13-29-19)26-21(37)20(36)22(41-26)25(38)30-15-4-5-15)32-18(31-23)3-1-2-14-8-10-33(11-9-14)27(39)40-17-7-6-16(35)12-17/h13-15,17,20-22,26,36-37H,1-12H2,(H,30,38)(H2,28,31,32)/t17?,20?,21-,22-,26+/m0/s1. The predicted octanol–water partition coefficient (Wildman–Crippen LogP) is 0.599. The van der Waals surface area contributed by atoms with Gasteiger partial charge >= 0.3 is 6.09 Å². The number of nitrogens with one attached hydrogen (secondary N) is 1. The van der Waals surface area contributed by atoms with E-state index >= 15 is 0 Å². The summed E-state index contributed by atoms with van der Waals surface area (Å²) in [5.74, 6) is 0.895. The van der Waals surface area contributed by atoms with Crippen molar-refractivity contribution in [3.63, 3.8) is 0 Å². The number of aryl methyl sites for hydroxylation is 1. The number of aromatic nitrogens is 4. The molecular weight excluding hydrogens is 534 g/mol. The van der Waals surface area contributed by atoms with Gasteiger partial charge in [-0.2, -0.15) is 0 Å². The lowest BCUT2D eigenvalue weighted by Gasteiger charge is -2.32. The van der Waals surface area contributed by atoms with Crippen LogP contribution in [0.5, 0.6) is 0 Å². The van der Waals surface area contributed by atoms with Crippen molar-refractivity contribution in [3.8, 4) is 0 Å². The molecule has 2 saturated carbocycles. The molecule has 2 unspecified atom stereocenters. The van der Waals surface area contributed by atoms with Crippen LogP contribution in [0, 0.1) is 5.92 Å². The molecule has 2 aliphatic heterocycles. The minimum atomic E-state index is -1.39. The number of Topliss-reactive ketones (excluding diaryl/α,β-unsaturated/α-hetero) is 1. The van der Waals surface area contributed by atoms with Crippen molar-refractivity contribution in [1.29, 1.82) is 0 Å². The maximum atomic E-state index is 12.5. The first-order valence-corrected chi connectivity index (χ1v) is 14.5. The summed E-state index contributed by atoms with van der Waals surface area (Å²) in [4.78, 5) is 51.4. The van der Waals surface area contributed by atoms with E-state index in [-0.39, 0.29) is 29.8 Å². The molecule has 4 fully saturated rings. The molecule has 0 aromatic carbocycles. The largest absolute Gasteiger partial charge is 0.446 e. The predicted molar refractivity (Wildman–Crippen MR) is 143 cm³/mol. The molecule has 14 heteroatoms. The number of fused-ring (bicyclic) bond motifs is 1. The lowest BCUT2D eigenvalue weighted by molar-refractivity contribution is -0.137. The number of carbonyl (C=O) groups is 3. The summed E-state index contributed by atoms with van der Waals surface area (Å²) < 4.78 is 12.8. The first-order valence-electron chi connectivity index (χ1n) is 14.5. The number of piperidine rings is 1. The van der Waals surface area contributed by atoms with Gasteiger partial charge in [-0.1, -0.05) is 0 Å². The number of hydrogen-bond donors (Lipinski definition) is 4. The van der Waals surface area contributed by atoms with Crippen LogP contribution in [-0.4, -0.2) is 96.0 Å². The van der Waals surface area contributed by atoms with Crippen molar-refractivity contribution in [2.24, 2.45) is 5.92 Å². The number of amides is 2. The minimum Gasteiger partial charge on any atom is -0.446 e. The fourth-order valence-corrected chi connectivity index (χ4v) is 5.95. The van der Waals surface area contributed by atoms with Gasteiger partial charge in [0.15, 0.2) is 23.8 Å². The Hall–Kier alpha value is -3.36. The Morgan fingerprint density at radius 2 is 1.90 bits per heavy atom. The molecule has 2 saturated heterocycles. The second-order valence-corrected chi connectivity index (χ2v) is 11.7. The summed E-state index contributed by atoms with van der Waals surface area (Å²) in [6.45, 7) is 1.27. The van der Waals surface area contributed by atoms with Crippen LogP contribution in [0.25, 0.3) is 11.2 Å². The van der Waals surface area contributed by atoms with E-state index in [1.807, 2.05) is 0 Å². The lowest BCUT2D eigenvalue weighted by atomic mass is 9.91. The maximum Gasteiger partial charge on any atom is 0.410 e. The number of likely N-dealkylation sites (tertiary alicyclic amines) is 1. The van der Waals surface area contributed by atoms with Crippen molar-refractivity contribution in [3.05, 3.63) is 12.2 Å². The number of aliphatic hydroxyl groups excluding tert-OH is 2. The third-order valence-electron chi connectivity index (χ3n) is 8.54. The molecule has 5 atom stereocenters. The minimum absolute atomic E-state index is 0.0948. The third-order valence-corrected chi connectivity index (χ3v) is 8.54. The van der Waals surface area contributed by atoms with Crippen molar-refractivity contribution < 1.29 is 34.1 Å². The Bertz CT molecular complexity index is 1310. The van der Waals surface area contributed by atoms with Gasteiger partial charge in [-0.15, -0.1) is 0 Å². The summed E-state index contributed by atoms with van der Waals surface area (Å²) in [5.41, 5.74) is 6.90. The molecule has 4 heterocycles. The number of rotatable bonds is 8. The normalized spacial score (nSPS) is 28.9. The van der Waals surface area contributed by atoms with Gasteiger partial charge in [0.1, 0.15) is 35.4 Å². The van der Waals surface area contributed by atoms with Crippen LogP contribution in [0.15, 0.2) is 6.33 Å². The van der Waals surface area contributed by atoms with Crippen molar-refractivity contribution in [2.75, 3.05) is 18.8 Å². The Balaban J connectivity index is 1.03. The average molecular weight is 572 g/mol. The highest BCUT2D eigenvalue weighted by molar-refractivity contribution is 5.83. The van der Waals surface area contributed by atoms with Crippen LogP contribution in [0.4, 0.5) is 10.6 Å². The van der Waals surface area contributed by atoms with E-state index in [4.69, 9.17) is 15.2 Å². The topological polar surface area (TPSA) is 195 Å². The zero-order valence-corrected chi connectivity index (χ0v) is 22.9. The lowest BCUT2D eigenvalue weighted by Crippen LogP contribution is -2.43. The van der Waals surface area contributed by atoms with E-state index in [1.54, 1.807) is 4.90 Å². The van der Waals surface area contributed by atoms with Gasteiger partial charge in [0, 0.05) is 38.4 Å². The Labute approximate surface area is 236 Å². The van der Waals surface area contributed by atoms with Crippen molar-refractivity contribution in [1.82, 2.24) is 29.7 Å². The van der Waals surface area contributed by atoms with Gasteiger partial charge in [0.25, 0.3) is 5.91 Å². The highest BCUT2D eigenvalue weighted by Gasteiger charge is 2.48. The summed E-state index contributed by atoms with van der Waals surface area (Å²) in [6.07, 6.45) is 3.12. The average Bonchev–Trinajstić information content (AvgIpc) is 3.38. The van der Waals surface area contributed by atoms with Gasteiger partial charge in [-0.25, -0.2) is 19.7 Å². The monoisotopic (exact) mass is 571 g/mol. The van der Waals surface area contributed by atoms with Gasteiger partial charge < -0.3 is 35.6 Å². The number of nitrogen functional groups attached to an aromatic ring is 1. The zero-order valence-electron chi connectivity index (χ0n) is 22.9. The van der Waals surface area contributed by atoms with Crippen molar-refractivity contribution >= 4 is 34.8 Å². The molecule has 41 heavy (non-hydrogen) atoms. The van der Waals surface area contributed by atoms with Crippen LogP contribution >= 0.6 is 0 Å². The number of carbonyl (C=O) groups excluding carboxylic acids is 3. The third kappa shape index (κ3) is 5.99. The van der Waals surface area contributed by atoms with Gasteiger partial charge in [-0.05, 0) is 50.9 Å². The SMILES string of the molecule is Nc1nc(CCCC2CCN(C(=O)OC3CCC(=O)C3)CC2)nc2c1ncn2[C@@H]1O[C@H](C(=O)NC2CC2)C(O)[C@@H]1O. The fraction of sp³-hybridized carbons (Fsp3) is 0.704. The Kier molecular flexibility index (Phi) is 7.79. The molecule has 6 rings (SSSR count). The van der Waals surface area contributed by atoms with E-state index in [0.717, 1.165) is 38.5 Å². The van der Waals surface area contributed by atoms with E-state index in [9.17, 15) is 24.6 Å². The molecule has 2 amide bonds. The Morgan fingerprint density at radius 3 is 2.61 bits per heavy atom. The van der Waals surface area contributed by atoms with Crippen LogP contribution in [0.1, 0.15) is 69.8 Å². The van der Waals surface area contributed by atoms with Crippen LogP contribution in [0.3, 0.4) is 0 Å². The second kappa shape index (κ2) is 11.5. The highest BCUT2D eigenvalue weighted by Crippen LogP contribution is 2.33. The molecule has 4 aliphatic rings. The molecule has 2 aliphatic carbocycles. The highest BCUT2D eigenvalue weighted by atomic mass is 16.6. The molecule has 2 aromatic rings. The maximum absolute atomic E-state index is 12.5. The number of nitrogens with zero attached hydrogens (tertiary/aromatic N) is 5. The second-order valence-electron chi connectivity index (χ2n) is 11.7. The molecule has 14 nitrogen and oxygen atoms in total. The van der Waals surface area contributed by atoms with Gasteiger partial charge in [0.2, 0.25) is 0 Å². The van der Waals surface area contributed by atoms with Crippen molar-refractivity contribution in [2.45, 2.75) is 101 Å². The summed E-state index contributed by atoms with van der Waals surface area (Å²) in [7, 11) is 0. The number of imidazole rings is 1. The molecule has 0 spiro atoms. The van der Waals surface area contributed by atoms with E-state index in [0.29, 0.717) is 61.7 Å². The van der Waals surface area contributed by atoms with Crippen LogP contribution in [-0.2, 0) is 25.5 Å². The quantitative estimate of drug-likeness (QED) is 0.346. The Morgan fingerprint density at radius 1 is 1.12 bits per heavy atom. The smallest absolute Gasteiger partial charge is 0.410 e. The van der Waals surface area contributed by atoms with Gasteiger partial charge in [-0.3, -0.25) is 14.2 Å². The first-order chi connectivity index (χ1) is 19.8. The number of ketones is 1. The molecular formula is C27H37N7O7. The first kappa shape index (κ1) is 27.8.